The van der Waals surface area contributed by atoms with Crippen LogP contribution in [0.15, 0.2) is 300 Å². The van der Waals surface area contributed by atoms with Gasteiger partial charge in [0.25, 0.3) is 17.3 Å². The first kappa shape index (κ1) is 127. The summed E-state index contributed by atoms with van der Waals surface area (Å²) in [5.41, 5.74) is 31.6. The number of hydrogen-bond acceptors (Lipinski definition) is 18. The summed E-state index contributed by atoms with van der Waals surface area (Å²) in [6.07, 6.45) is -3.59. The first-order chi connectivity index (χ1) is 69.2. The molecule has 0 atom stereocenters. The molecule has 13 aromatic carbocycles. The van der Waals surface area contributed by atoms with Gasteiger partial charge in [-0.1, -0.05) is 280 Å². The number of tetrazole rings is 1. The molecule has 23 nitrogen and oxygen atoms in total. The molecule has 0 bridgehead atoms. The Morgan fingerprint density at radius 1 is 0.490 bits per heavy atom. The van der Waals surface area contributed by atoms with Crippen molar-refractivity contribution in [2.24, 2.45) is 0 Å². The number of piperazine rings is 1. The van der Waals surface area contributed by atoms with Crippen LogP contribution in [0.1, 0.15) is 150 Å². The number of aliphatic hydroxyl groups excluding tert-OH is 1. The fraction of sp³-hybridized carbons (Fsp3) is 0.267. The summed E-state index contributed by atoms with van der Waals surface area (Å²) in [4.78, 5) is 46.7. The number of nitrogen functional groups attached to an aromatic ring is 2. The lowest BCUT2D eigenvalue weighted by Gasteiger charge is -2.32. The van der Waals surface area contributed by atoms with E-state index in [1.165, 1.54) is 75.9 Å². The van der Waals surface area contributed by atoms with E-state index in [1.54, 1.807) is 91.5 Å². The fourth-order valence-electron chi connectivity index (χ4n) is 12.1. The van der Waals surface area contributed by atoms with Gasteiger partial charge >= 0.3 is 12.1 Å². The van der Waals surface area contributed by atoms with Crippen molar-refractivity contribution < 1.29 is 66.9 Å². The number of carboxylic acid groups (broad SMARTS) is 1. The van der Waals surface area contributed by atoms with Gasteiger partial charge in [-0.25, -0.2) is 0 Å². The standard InChI is InChI=1S/C13H17N3O3.C11H13ClO3.C11H16.C9H12.C8H7F3.C8H10O2.C8H10O.C7H7Br.C7H6Cl2.C7H7Cl.C7H7NO2.C7H9NO.C7H9N.C6H6N4O/c1-10-3-4-11(12(9-10)16(18)19)13(17)15-7-5-14(2)6-8-15;1-8-4-5-9(12)7-10(8)15-6-2-3-11(13)14;1-9-5-7-10(8-6-9)11(2,3)4;1-7-4-5-8(2)9(3)6-7;1-6-2-4-7(5-3-6)8(9,10)11;1-6-3-4-7(9)8(5-6)10-2;1-7-3-2-4-8(5-7)6-9;1-6-2-4-7(8)5-3-6;1-5-2-3-6(8)7(9)4-5;1-6-2-4-7(8)5-3-6;1-6-3-2-4-7(5-6)8(9)10;1-5-2-3-7(9)6(8)4-5;1-6-4-2-3-5-7(6)8;1-4-2-3-5(11-4)6-7-9-10-8-6/h3-4,9H,5-8H2,1-2H3;4-5,7H,2-3,6H2,1H3,(H,13,14);5-8H,1-4H3;4-6H,1-3H3;2-5H,1H3;3-5,9H,1-2H3;2-5,9H,6H2,1H3;2-5H,1H3;2-4H,1H3;2-5H,1H3;2-5H,1H3;2-4,9H,8H2,1H3;2-5H,8H2,1H3;2-3H,1H3,(H,7,8,9,10). The van der Waals surface area contributed by atoms with Crippen LogP contribution in [0.5, 0.6) is 23.0 Å². The third-order valence-electron chi connectivity index (χ3n) is 20.9. The van der Waals surface area contributed by atoms with E-state index in [1.807, 2.05) is 197 Å². The van der Waals surface area contributed by atoms with Gasteiger partial charge in [0.2, 0.25) is 5.82 Å². The molecule has 16 rings (SSSR count). The number of phenolic OH excluding ortho intramolecular Hbond substituents is 2. The molecule has 1 saturated heterocycles. The third kappa shape index (κ3) is 53.7. The predicted molar refractivity (Wildman–Crippen MR) is 597 cm³/mol. The van der Waals surface area contributed by atoms with E-state index in [2.05, 4.69) is 151 Å². The molecule has 1 fully saturated rings. The number of aromatic nitrogens is 4. The fourth-order valence-corrected chi connectivity index (χ4v) is 13.0. The summed E-state index contributed by atoms with van der Waals surface area (Å²) in [7, 11) is 3.53. The van der Waals surface area contributed by atoms with E-state index in [0.29, 0.717) is 70.0 Å². The summed E-state index contributed by atoms with van der Waals surface area (Å²) >= 11 is 26.1. The maximum Gasteiger partial charge on any atom is 0.416 e. The number of aromatic hydroxyl groups is 2. The molecule has 147 heavy (non-hydrogen) atoms. The molecule has 15 aromatic rings. The highest BCUT2D eigenvalue weighted by atomic mass is 79.9. The third-order valence-corrected chi connectivity index (χ3v) is 22.6. The van der Waals surface area contributed by atoms with E-state index < -0.39 is 27.6 Å². The van der Waals surface area contributed by atoms with Gasteiger partial charge in [-0.15, -0.1) is 10.2 Å². The number of nitro groups is 2. The number of anilines is 2. The first-order valence-corrected chi connectivity index (χ1v) is 48.8. The number of nitro benzene ring substituents is 2. The van der Waals surface area contributed by atoms with Crippen molar-refractivity contribution in [3.63, 3.8) is 0 Å². The van der Waals surface area contributed by atoms with Crippen LogP contribution in [-0.2, 0) is 23.0 Å². The Balaban J connectivity index is 0.000000410. The van der Waals surface area contributed by atoms with Crippen LogP contribution in [0.3, 0.4) is 0 Å². The number of carbonyl (C=O) groups excluding carboxylic acids is 1. The lowest BCUT2D eigenvalue weighted by Crippen LogP contribution is -2.47. The number of nitrogens with one attached hydrogen (secondary N) is 1. The van der Waals surface area contributed by atoms with E-state index in [-0.39, 0.29) is 52.8 Å². The molecule has 0 spiro atoms. The van der Waals surface area contributed by atoms with Crippen LogP contribution in [0.25, 0.3) is 11.6 Å². The molecule has 1 aliphatic heterocycles. The number of furan rings is 1. The number of nitrogens with zero attached hydrogens (tertiary/aromatic N) is 7. The van der Waals surface area contributed by atoms with E-state index in [0.717, 1.165) is 96.2 Å². The zero-order valence-electron chi connectivity index (χ0n) is 87.1. The number of amides is 1. The summed E-state index contributed by atoms with van der Waals surface area (Å²) in [5, 5.41) is 72.3. The summed E-state index contributed by atoms with van der Waals surface area (Å²) in [5.74, 6) is 2.49. The van der Waals surface area contributed by atoms with Crippen molar-refractivity contribution in [1.29, 1.82) is 0 Å². The Labute approximate surface area is 891 Å². The molecule has 3 heterocycles. The van der Waals surface area contributed by atoms with Crippen LogP contribution in [0.2, 0.25) is 20.1 Å². The molecule has 2 aromatic heterocycles. The lowest BCUT2D eigenvalue weighted by molar-refractivity contribution is -0.385. The van der Waals surface area contributed by atoms with Crippen LogP contribution >= 0.6 is 62.3 Å². The van der Waals surface area contributed by atoms with Gasteiger partial charge in [0.05, 0.1) is 51.5 Å². The molecule has 0 unspecified atom stereocenters. The maximum absolute atomic E-state index is 12.3. The number of aryl methyl sites for hydroxylation is 16. The number of para-hydroxylation sites is 1. The zero-order chi connectivity index (χ0) is 110. The predicted octanol–water partition coefficient (Wildman–Crippen LogP) is 30.5. The van der Waals surface area contributed by atoms with Gasteiger partial charge in [-0.05, 0) is 305 Å². The van der Waals surface area contributed by atoms with Crippen molar-refractivity contribution >= 4 is 97.0 Å². The summed E-state index contributed by atoms with van der Waals surface area (Å²) in [6.45, 7) is 41.7. The number of aliphatic hydroxyl groups is 1. The Hall–Kier alpha value is -13.9. The molecule has 9 N–H and O–H groups in total. The molecular weight excluding hydrogens is 2020 g/mol. The number of H-pyrrole nitrogens is 1. The van der Waals surface area contributed by atoms with Gasteiger partial charge in [0.1, 0.15) is 22.8 Å². The number of aromatic amines is 1. The molecule has 1 aliphatic rings. The second-order valence-corrected chi connectivity index (χ2v) is 37.8. The average Bonchev–Trinajstić information content (AvgIpc) is 1.19. The molecule has 0 aliphatic carbocycles. The van der Waals surface area contributed by atoms with Gasteiger partial charge in [0, 0.05) is 71.0 Å². The van der Waals surface area contributed by atoms with E-state index in [4.69, 9.17) is 92.2 Å². The monoisotopic (exact) mass is 2150 g/mol. The lowest BCUT2D eigenvalue weighted by atomic mass is 9.87. The van der Waals surface area contributed by atoms with E-state index in [9.17, 15) is 43.0 Å². The van der Waals surface area contributed by atoms with Gasteiger partial charge in [-0.2, -0.15) is 18.4 Å². The number of phenols is 2. The number of nitrogens with two attached hydrogens (primary N) is 2. The summed E-state index contributed by atoms with van der Waals surface area (Å²) < 4.78 is 52.4. The molecule has 31 heteroatoms. The number of methoxy groups -OCH3 is 1. The second-order valence-electron chi connectivity index (χ2n) is 35.2. The van der Waals surface area contributed by atoms with E-state index >= 15 is 0 Å². The quantitative estimate of drug-likeness (QED) is 0.0208. The average molecular weight is 2160 g/mol. The smallest absolute Gasteiger partial charge is 0.416 e. The van der Waals surface area contributed by atoms with Crippen molar-refractivity contribution in [2.45, 2.75) is 163 Å². The Morgan fingerprint density at radius 2 is 0.980 bits per heavy atom. The highest BCUT2D eigenvalue weighted by molar-refractivity contribution is 9.10. The summed E-state index contributed by atoms with van der Waals surface area (Å²) in [6, 6.07) is 88.1. The SMILES string of the molecule is COc1cc(C)ccc1O.Cc1ccc(-c2nn[nH]n2)o1.Cc1ccc(Br)cc1.Cc1ccc(C(=O)N2CCN(C)CC2)c([N+](=O)[O-])c1.Cc1ccc(C(C)(C)C)cc1.Cc1ccc(C(F)(F)F)cc1.Cc1ccc(C)c(C)c1.Cc1ccc(Cl)c(Cl)c1.Cc1ccc(Cl)cc1.Cc1ccc(Cl)cc1OCCCC(=O)O.Cc1ccc(O)c(N)c1.Cc1cccc(CO)c1.Cc1cccc([N+](=O)[O-])c1.Cc1ccccc1N. The van der Waals surface area contributed by atoms with Gasteiger partial charge < -0.3 is 55.6 Å². The van der Waals surface area contributed by atoms with Crippen LogP contribution in [-0.4, -0.2) is 120 Å². The number of benzene rings is 13. The molecule has 0 radical (unpaired) electrons. The molecular formula is C116H136BrCl4F3N10O13. The normalized spacial score (nSPS) is 10.8. The minimum absolute atomic E-state index is 0.107. The number of hydrogen-bond donors (Lipinski definition) is 7. The minimum Gasteiger partial charge on any atom is -0.506 e. The maximum atomic E-state index is 12.3. The molecule has 1 amide bonds. The van der Waals surface area contributed by atoms with Gasteiger partial charge in [0.15, 0.2) is 17.3 Å². The number of carbonyl (C=O) groups is 2. The van der Waals surface area contributed by atoms with Gasteiger partial charge in [-0.3, -0.25) is 29.8 Å². The topological polar surface area (TPSA) is 346 Å². The number of alkyl halides is 3. The van der Waals surface area contributed by atoms with Crippen molar-refractivity contribution in [3.8, 4) is 34.6 Å². The Bertz CT molecular complexity index is 6190. The van der Waals surface area contributed by atoms with Crippen molar-refractivity contribution in [3.05, 3.63) is 447 Å². The number of rotatable bonds is 11. The highest BCUT2D eigenvalue weighted by Crippen LogP contribution is 2.32. The second kappa shape index (κ2) is 67.0. The number of halogens is 8. The van der Waals surface area contributed by atoms with Crippen LogP contribution in [0.4, 0.5) is 35.9 Å². The number of ether oxygens (including phenoxy) is 2. The van der Waals surface area contributed by atoms with Crippen molar-refractivity contribution in [2.75, 3.05) is 58.4 Å². The minimum atomic E-state index is -4.21. The van der Waals surface area contributed by atoms with Crippen LogP contribution in [0, 0.1) is 131 Å². The van der Waals surface area contributed by atoms with Crippen LogP contribution < -0.4 is 20.9 Å². The number of non-ortho nitro benzene ring substituents is 1. The zero-order valence-corrected chi connectivity index (χ0v) is 91.8. The molecule has 0 saturated carbocycles. The van der Waals surface area contributed by atoms with Crippen molar-refractivity contribution in [1.82, 2.24) is 30.4 Å². The highest BCUT2D eigenvalue weighted by Gasteiger charge is 2.30. The first-order valence-electron chi connectivity index (χ1n) is 46.5. The number of likely N-dealkylation sites (N-methyl/N-ethyl adjacent to an activating group) is 1. The Kier molecular flexibility index (Phi) is 58.0. The number of aliphatic carboxylic acids is 1. The largest absolute Gasteiger partial charge is 0.506 e. The Morgan fingerprint density at radius 3 is 1.41 bits per heavy atom. The molecule has 784 valence electrons. The number of carboxylic acids is 1.